The van der Waals surface area contributed by atoms with Gasteiger partial charge in [-0.2, -0.15) is 4.98 Å². The van der Waals surface area contributed by atoms with E-state index in [0.717, 1.165) is 30.5 Å². The monoisotopic (exact) mass is 418 g/mol. The van der Waals surface area contributed by atoms with Gasteiger partial charge in [0.25, 0.3) is 0 Å². The van der Waals surface area contributed by atoms with Crippen LogP contribution in [0.4, 0.5) is 5.69 Å². The topological polar surface area (TPSA) is 88.3 Å². The smallest absolute Gasteiger partial charge is 0.230 e. The Kier molecular flexibility index (Phi) is 6.40. The van der Waals surface area contributed by atoms with Gasteiger partial charge in [0, 0.05) is 43.6 Å². The highest BCUT2D eigenvalue weighted by Crippen LogP contribution is 2.29. The molecule has 0 unspecified atom stereocenters. The molecule has 1 aliphatic heterocycles. The Bertz CT molecular complexity index is 1020. The number of likely N-dealkylation sites (tertiary alicyclic amines) is 1. The summed E-state index contributed by atoms with van der Waals surface area (Å²) in [7, 11) is 0. The number of piperidine rings is 1. The second kappa shape index (κ2) is 9.55. The molecule has 0 aliphatic carbocycles. The number of anilines is 1. The average Bonchev–Trinajstić information content (AvgIpc) is 3.29. The molecule has 2 amide bonds. The van der Waals surface area contributed by atoms with Crippen LogP contribution in [-0.4, -0.2) is 39.9 Å². The fraction of sp³-hybridized carbons (Fsp3) is 0.333. The molecule has 0 saturated carbocycles. The van der Waals surface area contributed by atoms with E-state index in [1.807, 2.05) is 47.4 Å². The van der Waals surface area contributed by atoms with E-state index in [0.29, 0.717) is 31.2 Å². The quantitative estimate of drug-likeness (QED) is 0.653. The number of amides is 2. The van der Waals surface area contributed by atoms with Gasteiger partial charge in [-0.05, 0) is 49.1 Å². The van der Waals surface area contributed by atoms with Gasteiger partial charge in [-0.25, -0.2) is 0 Å². The first-order chi connectivity index (χ1) is 15.1. The molecular weight excluding hydrogens is 392 g/mol. The summed E-state index contributed by atoms with van der Waals surface area (Å²) in [4.78, 5) is 30.2. The minimum atomic E-state index is -0.112. The molecule has 4 rings (SSSR count). The van der Waals surface area contributed by atoms with Crippen molar-refractivity contribution in [2.24, 2.45) is 0 Å². The molecule has 0 bridgehead atoms. The normalized spacial score (nSPS) is 14.4. The molecule has 1 N–H and O–H groups in total. The second-order valence-corrected chi connectivity index (χ2v) is 7.86. The van der Waals surface area contributed by atoms with E-state index in [4.69, 9.17) is 4.52 Å². The summed E-state index contributed by atoms with van der Waals surface area (Å²) in [5, 5.41) is 6.85. The van der Waals surface area contributed by atoms with E-state index in [9.17, 15) is 9.59 Å². The molecular formula is C24H26N4O3. The van der Waals surface area contributed by atoms with Crippen molar-refractivity contribution in [2.75, 3.05) is 18.4 Å². The SMILES string of the molecule is CC(=O)Nc1ccc(-c2noc(C3CCN(C(=O)CCc4ccccc4)CC3)n2)cc1. The van der Waals surface area contributed by atoms with Crippen LogP contribution in [0.3, 0.4) is 0 Å². The van der Waals surface area contributed by atoms with Crippen molar-refractivity contribution in [3.05, 3.63) is 66.1 Å². The van der Waals surface area contributed by atoms with E-state index in [1.165, 1.54) is 12.5 Å². The first-order valence-corrected chi connectivity index (χ1v) is 10.6. The van der Waals surface area contributed by atoms with Crippen LogP contribution in [0.15, 0.2) is 59.1 Å². The summed E-state index contributed by atoms with van der Waals surface area (Å²) < 4.78 is 5.52. The molecule has 31 heavy (non-hydrogen) atoms. The lowest BCUT2D eigenvalue weighted by Crippen LogP contribution is -2.38. The van der Waals surface area contributed by atoms with Crippen molar-refractivity contribution in [1.82, 2.24) is 15.0 Å². The van der Waals surface area contributed by atoms with Gasteiger partial charge in [0.2, 0.25) is 23.5 Å². The molecule has 1 aliphatic rings. The molecule has 1 saturated heterocycles. The minimum Gasteiger partial charge on any atom is -0.343 e. The number of nitrogens with zero attached hydrogens (tertiary/aromatic N) is 3. The molecule has 2 aromatic carbocycles. The van der Waals surface area contributed by atoms with Gasteiger partial charge in [-0.3, -0.25) is 9.59 Å². The third-order valence-corrected chi connectivity index (χ3v) is 5.57. The van der Waals surface area contributed by atoms with Gasteiger partial charge in [0.1, 0.15) is 0 Å². The molecule has 7 nitrogen and oxygen atoms in total. The van der Waals surface area contributed by atoms with Crippen LogP contribution in [0, 0.1) is 0 Å². The second-order valence-electron chi connectivity index (χ2n) is 7.86. The number of benzene rings is 2. The van der Waals surface area contributed by atoms with Crippen molar-refractivity contribution < 1.29 is 14.1 Å². The zero-order chi connectivity index (χ0) is 21.6. The fourth-order valence-electron chi connectivity index (χ4n) is 3.85. The van der Waals surface area contributed by atoms with Gasteiger partial charge < -0.3 is 14.7 Å². The highest BCUT2D eigenvalue weighted by molar-refractivity contribution is 5.88. The first kappa shape index (κ1) is 20.8. The van der Waals surface area contributed by atoms with E-state index >= 15 is 0 Å². The number of aromatic nitrogens is 2. The summed E-state index contributed by atoms with van der Waals surface area (Å²) in [5.41, 5.74) is 2.75. The molecule has 1 fully saturated rings. The maximum absolute atomic E-state index is 12.5. The zero-order valence-electron chi connectivity index (χ0n) is 17.6. The molecule has 7 heteroatoms. The van der Waals surface area contributed by atoms with E-state index in [2.05, 4.69) is 27.6 Å². The molecule has 160 valence electrons. The molecule has 3 aromatic rings. The van der Waals surface area contributed by atoms with Crippen LogP contribution in [0.2, 0.25) is 0 Å². The highest BCUT2D eigenvalue weighted by Gasteiger charge is 2.27. The Labute approximate surface area is 181 Å². The molecule has 1 aromatic heterocycles. The van der Waals surface area contributed by atoms with Crippen LogP contribution in [0.1, 0.15) is 43.6 Å². The zero-order valence-corrected chi connectivity index (χ0v) is 17.6. The van der Waals surface area contributed by atoms with Gasteiger partial charge in [-0.15, -0.1) is 0 Å². The van der Waals surface area contributed by atoms with Crippen molar-refractivity contribution in [3.8, 4) is 11.4 Å². The third-order valence-electron chi connectivity index (χ3n) is 5.57. The minimum absolute atomic E-state index is 0.112. The number of hydrogen-bond acceptors (Lipinski definition) is 5. The fourth-order valence-corrected chi connectivity index (χ4v) is 3.85. The van der Waals surface area contributed by atoms with Gasteiger partial charge in [0.05, 0.1) is 0 Å². The maximum Gasteiger partial charge on any atom is 0.230 e. The lowest BCUT2D eigenvalue weighted by molar-refractivity contribution is -0.132. The summed E-state index contributed by atoms with van der Waals surface area (Å²) in [6, 6.07) is 17.4. The molecule has 2 heterocycles. The standard InChI is InChI=1S/C24H26N4O3/c1-17(29)25-21-10-8-19(9-11-21)23-26-24(31-27-23)20-13-15-28(16-14-20)22(30)12-7-18-5-3-2-4-6-18/h2-6,8-11,20H,7,12-16H2,1H3,(H,25,29). The van der Waals surface area contributed by atoms with E-state index in [-0.39, 0.29) is 17.7 Å². The van der Waals surface area contributed by atoms with Crippen LogP contribution in [-0.2, 0) is 16.0 Å². The Balaban J connectivity index is 1.30. The maximum atomic E-state index is 12.5. The largest absolute Gasteiger partial charge is 0.343 e. The lowest BCUT2D eigenvalue weighted by Gasteiger charge is -2.30. The summed E-state index contributed by atoms with van der Waals surface area (Å²) in [6.45, 7) is 2.89. The predicted molar refractivity (Wildman–Crippen MR) is 117 cm³/mol. The van der Waals surface area contributed by atoms with Crippen LogP contribution in [0.5, 0.6) is 0 Å². The van der Waals surface area contributed by atoms with Crippen molar-refractivity contribution in [1.29, 1.82) is 0 Å². The van der Waals surface area contributed by atoms with Crippen molar-refractivity contribution >= 4 is 17.5 Å². The van der Waals surface area contributed by atoms with Crippen LogP contribution in [0.25, 0.3) is 11.4 Å². The lowest BCUT2D eigenvalue weighted by atomic mass is 9.96. The average molecular weight is 418 g/mol. The summed E-state index contributed by atoms with van der Waals surface area (Å²) in [5.74, 6) is 1.41. The van der Waals surface area contributed by atoms with Gasteiger partial charge in [-0.1, -0.05) is 35.5 Å². The van der Waals surface area contributed by atoms with Gasteiger partial charge >= 0.3 is 0 Å². The molecule has 0 spiro atoms. The van der Waals surface area contributed by atoms with E-state index in [1.54, 1.807) is 0 Å². The Morgan fingerprint density at radius 3 is 2.45 bits per heavy atom. The summed E-state index contributed by atoms with van der Waals surface area (Å²) >= 11 is 0. The van der Waals surface area contributed by atoms with Crippen molar-refractivity contribution in [3.63, 3.8) is 0 Å². The van der Waals surface area contributed by atoms with Gasteiger partial charge in [0.15, 0.2) is 0 Å². The third kappa shape index (κ3) is 5.36. The number of carbonyl (C=O) groups excluding carboxylic acids is 2. The Hall–Kier alpha value is -3.48. The van der Waals surface area contributed by atoms with Crippen molar-refractivity contribution in [2.45, 2.75) is 38.5 Å². The molecule has 0 atom stereocenters. The Morgan fingerprint density at radius 2 is 1.77 bits per heavy atom. The predicted octanol–water partition coefficient (Wildman–Crippen LogP) is 4.03. The number of nitrogens with one attached hydrogen (secondary N) is 1. The van der Waals surface area contributed by atoms with Crippen LogP contribution >= 0.6 is 0 Å². The van der Waals surface area contributed by atoms with E-state index < -0.39 is 0 Å². The number of hydrogen-bond donors (Lipinski definition) is 1. The first-order valence-electron chi connectivity index (χ1n) is 10.6. The number of aryl methyl sites for hydroxylation is 1. The number of rotatable bonds is 6. The molecule has 0 radical (unpaired) electrons. The van der Waals surface area contributed by atoms with Crippen LogP contribution < -0.4 is 5.32 Å². The Morgan fingerprint density at radius 1 is 1.06 bits per heavy atom. The summed E-state index contributed by atoms with van der Waals surface area (Å²) in [6.07, 6.45) is 2.95. The number of carbonyl (C=O) groups is 2. The highest BCUT2D eigenvalue weighted by atomic mass is 16.5.